The molecule has 0 spiro atoms. The zero-order chi connectivity index (χ0) is 14.9. The average Bonchev–Trinajstić information content (AvgIpc) is 2.85. The standard InChI is InChI=1S/C12H15F3N4O/c1-17-7-4-5-19(6-7)11-8(10(16)20)2-3-9(18-11)12(13,14)15/h2-3,7,17H,4-6H2,1H3,(H2,16,20). The lowest BCUT2D eigenvalue weighted by Gasteiger charge is -2.21. The van der Waals surface area contributed by atoms with E-state index in [2.05, 4.69) is 10.3 Å². The number of halogens is 3. The summed E-state index contributed by atoms with van der Waals surface area (Å²) in [5.41, 5.74) is 4.19. The van der Waals surface area contributed by atoms with Gasteiger partial charge in [-0.25, -0.2) is 4.98 Å². The molecule has 2 rings (SSSR count). The number of pyridine rings is 1. The van der Waals surface area contributed by atoms with Gasteiger partial charge < -0.3 is 16.0 Å². The van der Waals surface area contributed by atoms with E-state index in [1.54, 1.807) is 11.9 Å². The summed E-state index contributed by atoms with van der Waals surface area (Å²) < 4.78 is 38.2. The van der Waals surface area contributed by atoms with E-state index in [1.807, 2.05) is 0 Å². The maximum atomic E-state index is 12.7. The number of carbonyl (C=O) groups is 1. The van der Waals surface area contributed by atoms with Crippen molar-refractivity contribution in [3.8, 4) is 0 Å². The first-order valence-corrected chi connectivity index (χ1v) is 6.13. The maximum absolute atomic E-state index is 12.7. The first kappa shape index (κ1) is 14.6. The molecule has 0 aromatic carbocycles. The zero-order valence-electron chi connectivity index (χ0n) is 10.9. The van der Waals surface area contributed by atoms with Crippen molar-refractivity contribution < 1.29 is 18.0 Å². The van der Waals surface area contributed by atoms with E-state index >= 15 is 0 Å². The van der Waals surface area contributed by atoms with Gasteiger partial charge in [0, 0.05) is 19.1 Å². The molecule has 1 aromatic rings. The topological polar surface area (TPSA) is 71.2 Å². The van der Waals surface area contributed by atoms with Crippen LogP contribution in [0.15, 0.2) is 12.1 Å². The first-order chi connectivity index (χ1) is 9.32. The number of rotatable bonds is 3. The Labute approximate surface area is 114 Å². The number of carbonyl (C=O) groups excluding carboxylic acids is 1. The molecule has 0 radical (unpaired) electrons. The number of amides is 1. The fraction of sp³-hybridized carbons (Fsp3) is 0.500. The van der Waals surface area contributed by atoms with Crippen molar-refractivity contribution >= 4 is 11.7 Å². The Morgan fingerprint density at radius 3 is 2.70 bits per heavy atom. The van der Waals surface area contributed by atoms with E-state index in [0.717, 1.165) is 18.6 Å². The van der Waals surface area contributed by atoms with Crippen molar-refractivity contribution in [3.05, 3.63) is 23.4 Å². The smallest absolute Gasteiger partial charge is 0.365 e. The molecule has 1 unspecified atom stereocenters. The molecule has 1 aliphatic heterocycles. The maximum Gasteiger partial charge on any atom is 0.433 e. The van der Waals surface area contributed by atoms with Crippen molar-refractivity contribution in [2.45, 2.75) is 18.6 Å². The van der Waals surface area contributed by atoms with Crippen LogP contribution in [-0.4, -0.2) is 37.1 Å². The molecule has 3 N–H and O–H groups in total. The number of nitrogens with two attached hydrogens (primary N) is 1. The average molecular weight is 288 g/mol. The summed E-state index contributed by atoms with van der Waals surface area (Å²) in [6.45, 7) is 1.02. The lowest BCUT2D eigenvalue weighted by atomic mass is 10.2. The van der Waals surface area contributed by atoms with Crippen LogP contribution in [0, 0.1) is 0 Å². The van der Waals surface area contributed by atoms with E-state index in [4.69, 9.17) is 5.73 Å². The summed E-state index contributed by atoms with van der Waals surface area (Å²) in [6.07, 6.45) is -3.78. The van der Waals surface area contributed by atoms with Gasteiger partial charge >= 0.3 is 6.18 Å². The Kier molecular flexibility index (Phi) is 3.85. The summed E-state index contributed by atoms with van der Waals surface area (Å²) in [4.78, 5) is 16.6. The molecule has 20 heavy (non-hydrogen) atoms. The van der Waals surface area contributed by atoms with Gasteiger partial charge in [0.2, 0.25) is 0 Å². The van der Waals surface area contributed by atoms with Crippen molar-refractivity contribution in [3.63, 3.8) is 0 Å². The Morgan fingerprint density at radius 1 is 1.50 bits per heavy atom. The van der Waals surface area contributed by atoms with Crippen molar-refractivity contribution in [1.29, 1.82) is 0 Å². The predicted molar refractivity (Wildman–Crippen MR) is 67.4 cm³/mol. The molecule has 5 nitrogen and oxygen atoms in total. The molecule has 1 aliphatic rings. The Hall–Kier alpha value is -1.83. The van der Waals surface area contributed by atoms with Crippen LogP contribution in [0.4, 0.5) is 19.0 Å². The molecule has 0 bridgehead atoms. The highest BCUT2D eigenvalue weighted by molar-refractivity contribution is 5.97. The number of likely N-dealkylation sites (N-methyl/N-ethyl adjacent to an activating group) is 1. The van der Waals surface area contributed by atoms with Gasteiger partial charge in [0.05, 0.1) is 5.56 Å². The Bertz CT molecular complexity index is 518. The van der Waals surface area contributed by atoms with Crippen LogP contribution in [0.3, 0.4) is 0 Å². The van der Waals surface area contributed by atoms with E-state index in [0.29, 0.717) is 13.1 Å². The monoisotopic (exact) mass is 288 g/mol. The normalized spacial score (nSPS) is 19.4. The zero-order valence-corrected chi connectivity index (χ0v) is 10.9. The third-order valence-corrected chi connectivity index (χ3v) is 3.33. The van der Waals surface area contributed by atoms with Gasteiger partial charge in [-0.1, -0.05) is 0 Å². The van der Waals surface area contributed by atoms with E-state index in [-0.39, 0.29) is 17.4 Å². The number of nitrogens with zero attached hydrogens (tertiary/aromatic N) is 2. The number of hydrogen-bond donors (Lipinski definition) is 2. The van der Waals surface area contributed by atoms with E-state index < -0.39 is 17.8 Å². The van der Waals surface area contributed by atoms with Crippen LogP contribution in [0.25, 0.3) is 0 Å². The van der Waals surface area contributed by atoms with Gasteiger partial charge in [-0.15, -0.1) is 0 Å². The highest BCUT2D eigenvalue weighted by Gasteiger charge is 2.35. The predicted octanol–water partition coefficient (Wildman–Crippen LogP) is 0.997. The lowest BCUT2D eigenvalue weighted by molar-refractivity contribution is -0.141. The van der Waals surface area contributed by atoms with Crippen molar-refractivity contribution in [1.82, 2.24) is 10.3 Å². The second-order valence-electron chi connectivity index (χ2n) is 4.65. The van der Waals surface area contributed by atoms with E-state index in [1.165, 1.54) is 0 Å². The Morgan fingerprint density at radius 2 is 2.20 bits per heavy atom. The molecule has 1 atom stereocenters. The Balaban J connectivity index is 2.40. The van der Waals surface area contributed by atoms with Crippen molar-refractivity contribution in [2.75, 3.05) is 25.0 Å². The SMILES string of the molecule is CNC1CCN(c2nc(C(F)(F)F)ccc2C(N)=O)C1. The van der Waals surface area contributed by atoms with Crippen LogP contribution in [0.1, 0.15) is 22.5 Å². The highest BCUT2D eigenvalue weighted by Crippen LogP contribution is 2.31. The van der Waals surface area contributed by atoms with Crippen LogP contribution in [0.2, 0.25) is 0 Å². The van der Waals surface area contributed by atoms with Crippen LogP contribution < -0.4 is 16.0 Å². The quantitative estimate of drug-likeness (QED) is 0.870. The van der Waals surface area contributed by atoms with Crippen LogP contribution in [-0.2, 0) is 6.18 Å². The molecule has 0 aliphatic carbocycles. The molecule has 1 amide bonds. The van der Waals surface area contributed by atoms with Gasteiger partial charge in [0.15, 0.2) is 0 Å². The van der Waals surface area contributed by atoms with Crippen LogP contribution >= 0.6 is 0 Å². The van der Waals surface area contributed by atoms with Gasteiger partial charge in [0.25, 0.3) is 5.91 Å². The van der Waals surface area contributed by atoms with Gasteiger partial charge in [0.1, 0.15) is 11.5 Å². The third kappa shape index (κ3) is 2.84. The highest BCUT2D eigenvalue weighted by atomic mass is 19.4. The number of anilines is 1. The number of nitrogens with one attached hydrogen (secondary N) is 1. The summed E-state index contributed by atoms with van der Waals surface area (Å²) in [7, 11) is 1.78. The molecule has 2 heterocycles. The molecule has 110 valence electrons. The number of primary amides is 1. The lowest BCUT2D eigenvalue weighted by Crippen LogP contribution is -2.31. The minimum absolute atomic E-state index is 0.00470. The molecule has 8 heteroatoms. The molecular weight excluding hydrogens is 273 g/mol. The third-order valence-electron chi connectivity index (χ3n) is 3.33. The summed E-state index contributed by atoms with van der Waals surface area (Å²) in [5, 5.41) is 3.05. The second-order valence-corrected chi connectivity index (χ2v) is 4.65. The number of aromatic nitrogens is 1. The molecule has 0 saturated carbocycles. The van der Waals surface area contributed by atoms with Gasteiger partial charge in [-0.05, 0) is 25.6 Å². The molecule has 1 saturated heterocycles. The molecule has 1 fully saturated rings. The summed E-state index contributed by atoms with van der Waals surface area (Å²) in [6, 6.07) is 2.02. The largest absolute Gasteiger partial charge is 0.433 e. The summed E-state index contributed by atoms with van der Waals surface area (Å²) >= 11 is 0. The van der Waals surface area contributed by atoms with Crippen LogP contribution in [0.5, 0.6) is 0 Å². The number of alkyl halides is 3. The minimum atomic E-state index is -4.55. The summed E-state index contributed by atoms with van der Waals surface area (Å²) in [5.74, 6) is -0.779. The van der Waals surface area contributed by atoms with Crippen molar-refractivity contribution in [2.24, 2.45) is 5.73 Å². The van der Waals surface area contributed by atoms with Gasteiger partial charge in [-0.2, -0.15) is 13.2 Å². The first-order valence-electron chi connectivity index (χ1n) is 6.13. The van der Waals surface area contributed by atoms with Gasteiger partial charge in [-0.3, -0.25) is 4.79 Å². The van der Waals surface area contributed by atoms with E-state index in [9.17, 15) is 18.0 Å². The fourth-order valence-electron chi connectivity index (χ4n) is 2.23. The second kappa shape index (κ2) is 5.28. The fourth-order valence-corrected chi connectivity index (χ4v) is 2.23. The molecular formula is C12H15F3N4O. The minimum Gasteiger partial charge on any atom is -0.365 e. The molecule has 1 aromatic heterocycles. The number of hydrogen-bond acceptors (Lipinski definition) is 4.